The molecule has 0 saturated heterocycles. The number of fused-ring (bicyclic) bond motifs is 1. The lowest BCUT2D eigenvalue weighted by atomic mass is 10.1. The quantitative estimate of drug-likeness (QED) is 0.759. The van der Waals surface area contributed by atoms with E-state index in [4.69, 9.17) is 9.47 Å². The topological polar surface area (TPSA) is 105 Å². The van der Waals surface area contributed by atoms with Crippen LogP contribution in [0, 0.1) is 0 Å². The minimum Gasteiger partial charge on any atom is -0.548 e. The molecule has 1 N–H and O–H groups in total. The molecule has 8 heteroatoms. The van der Waals surface area contributed by atoms with Crippen molar-refractivity contribution in [2.24, 2.45) is 0 Å². The van der Waals surface area contributed by atoms with E-state index in [0.717, 1.165) is 4.88 Å². The van der Waals surface area contributed by atoms with Gasteiger partial charge >= 0.3 is 0 Å². The number of ketones is 1. The van der Waals surface area contributed by atoms with Crippen molar-refractivity contribution in [3.8, 4) is 11.5 Å². The number of rotatable bonds is 6. The fraction of sp³-hybridized carbons (Fsp3) is 0.118. The average Bonchev–Trinajstić information content (AvgIpc) is 3.20. The van der Waals surface area contributed by atoms with E-state index in [1.54, 1.807) is 18.2 Å². The molecule has 1 aromatic carbocycles. The minimum absolute atomic E-state index is 0.221. The zero-order valence-corrected chi connectivity index (χ0v) is 13.6. The van der Waals surface area contributed by atoms with E-state index in [0.29, 0.717) is 17.1 Å². The van der Waals surface area contributed by atoms with Crippen LogP contribution in [0.2, 0.25) is 0 Å². The molecule has 1 aliphatic rings. The summed E-state index contributed by atoms with van der Waals surface area (Å²) in [5, 5.41) is 14.3. The summed E-state index contributed by atoms with van der Waals surface area (Å²) in [7, 11) is 0. The van der Waals surface area contributed by atoms with Crippen molar-refractivity contribution < 1.29 is 29.0 Å². The van der Waals surface area contributed by atoms with Crippen LogP contribution in [0.15, 0.2) is 41.5 Å². The Labute approximate surface area is 146 Å². The molecule has 128 valence electrons. The van der Waals surface area contributed by atoms with Crippen molar-refractivity contribution in [2.45, 2.75) is 0 Å². The Balaban J connectivity index is 1.65. The van der Waals surface area contributed by atoms with Crippen LogP contribution < -0.4 is 19.9 Å². The molecule has 0 saturated carbocycles. The van der Waals surface area contributed by atoms with Gasteiger partial charge in [-0.1, -0.05) is 6.07 Å². The van der Waals surface area contributed by atoms with E-state index in [2.05, 4.69) is 5.32 Å². The molecule has 1 aliphatic heterocycles. The highest BCUT2D eigenvalue weighted by Gasteiger charge is 2.27. The number of benzene rings is 1. The second kappa shape index (κ2) is 7.18. The fourth-order valence-corrected chi connectivity index (χ4v) is 2.78. The van der Waals surface area contributed by atoms with Crippen molar-refractivity contribution in [3.63, 3.8) is 0 Å². The predicted octanol–water partition coefficient (Wildman–Crippen LogP) is 0.609. The number of thiophene rings is 1. The number of carbonyl (C=O) groups excluding carboxylic acids is 3. The first-order valence-electron chi connectivity index (χ1n) is 7.24. The Hall–Kier alpha value is -3.13. The number of ether oxygens (including phenoxy) is 2. The number of aliphatic carboxylic acids is 1. The third kappa shape index (κ3) is 4.04. The van der Waals surface area contributed by atoms with Crippen LogP contribution in [0.3, 0.4) is 0 Å². The summed E-state index contributed by atoms with van der Waals surface area (Å²) < 4.78 is 10.8. The van der Waals surface area contributed by atoms with Crippen molar-refractivity contribution in [1.82, 2.24) is 5.32 Å². The summed E-state index contributed by atoms with van der Waals surface area (Å²) in [5.41, 5.74) is 0.413. The SMILES string of the molecule is O=C([O-])CNC(=O)COc1ccc2c(c1)O/C(=C\c1cccs1)C2=O. The molecule has 0 radical (unpaired) electrons. The van der Waals surface area contributed by atoms with Crippen LogP contribution in [-0.4, -0.2) is 30.8 Å². The van der Waals surface area contributed by atoms with Crippen molar-refractivity contribution in [2.75, 3.05) is 13.2 Å². The van der Waals surface area contributed by atoms with Gasteiger partial charge in [-0.15, -0.1) is 11.3 Å². The second-order valence-electron chi connectivity index (χ2n) is 5.05. The minimum atomic E-state index is -1.39. The highest BCUT2D eigenvalue weighted by molar-refractivity contribution is 7.10. The average molecular weight is 358 g/mol. The first-order valence-corrected chi connectivity index (χ1v) is 8.12. The predicted molar refractivity (Wildman–Crippen MR) is 87.2 cm³/mol. The van der Waals surface area contributed by atoms with Crippen LogP contribution in [0.1, 0.15) is 15.2 Å². The second-order valence-corrected chi connectivity index (χ2v) is 6.03. The molecule has 0 atom stereocenters. The van der Waals surface area contributed by atoms with Crippen LogP contribution in [-0.2, 0) is 9.59 Å². The van der Waals surface area contributed by atoms with E-state index >= 15 is 0 Å². The molecule has 0 unspecified atom stereocenters. The number of Topliss-reactive ketones (excluding diaryl/α,β-unsaturated/α-hetero) is 1. The Bertz CT molecular complexity index is 856. The van der Waals surface area contributed by atoms with Gasteiger partial charge in [-0.25, -0.2) is 0 Å². The van der Waals surface area contributed by atoms with E-state index in [1.165, 1.54) is 17.4 Å². The van der Waals surface area contributed by atoms with Crippen LogP contribution in [0.4, 0.5) is 0 Å². The summed E-state index contributed by atoms with van der Waals surface area (Å²) in [4.78, 5) is 34.9. The summed E-state index contributed by atoms with van der Waals surface area (Å²) in [6, 6.07) is 8.36. The molecule has 1 amide bonds. The normalized spacial score (nSPS) is 14.1. The Morgan fingerprint density at radius 2 is 2.16 bits per heavy atom. The number of allylic oxidation sites excluding steroid dienone is 1. The Morgan fingerprint density at radius 3 is 2.88 bits per heavy atom. The Morgan fingerprint density at radius 1 is 1.32 bits per heavy atom. The van der Waals surface area contributed by atoms with E-state index in [1.807, 2.05) is 17.5 Å². The van der Waals surface area contributed by atoms with Gasteiger partial charge in [-0.2, -0.15) is 0 Å². The van der Waals surface area contributed by atoms with Crippen molar-refractivity contribution in [3.05, 3.63) is 51.9 Å². The molecule has 2 heterocycles. The Kier molecular flexibility index (Phi) is 4.80. The van der Waals surface area contributed by atoms with Crippen molar-refractivity contribution in [1.29, 1.82) is 0 Å². The van der Waals surface area contributed by atoms with Gasteiger partial charge in [0.1, 0.15) is 11.5 Å². The molecule has 3 rings (SSSR count). The van der Waals surface area contributed by atoms with Gasteiger partial charge in [0.15, 0.2) is 12.4 Å². The molecule has 0 aliphatic carbocycles. The molecule has 7 nitrogen and oxygen atoms in total. The van der Waals surface area contributed by atoms with Gasteiger partial charge < -0.3 is 24.7 Å². The van der Waals surface area contributed by atoms with E-state index < -0.39 is 18.4 Å². The van der Waals surface area contributed by atoms with Crippen molar-refractivity contribution >= 4 is 35.1 Å². The standard InChI is InChI=1S/C17H13NO6S/c19-15(18-8-16(20)21)9-23-10-3-4-12-13(6-10)24-14(17(12)22)7-11-2-1-5-25-11/h1-7H,8-9H2,(H,18,19)(H,20,21)/p-1/b14-7-. The molecule has 1 aromatic heterocycles. The molecule has 0 bridgehead atoms. The number of hydrogen-bond acceptors (Lipinski definition) is 7. The van der Waals surface area contributed by atoms with Crippen LogP contribution in [0.25, 0.3) is 6.08 Å². The zero-order chi connectivity index (χ0) is 17.8. The largest absolute Gasteiger partial charge is 0.548 e. The molecule has 2 aromatic rings. The fourth-order valence-electron chi connectivity index (χ4n) is 2.13. The summed E-state index contributed by atoms with van der Waals surface area (Å²) in [6.45, 7) is -0.946. The smallest absolute Gasteiger partial charge is 0.258 e. The molecule has 0 fully saturated rings. The van der Waals surface area contributed by atoms with Gasteiger partial charge in [0, 0.05) is 17.0 Å². The maximum Gasteiger partial charge on any atom is 0.258 e. The molecular formula is C17H12NO6S-. The lowest BCUT2D eigenvalue weighted by Crippen LogP contribution is -2.39. The van der Waals surface area contributed by atoms with Gasteiger partial charge in [-0.3, -0.25) is 9.59 Å². The van der Waals surface area contributed by atoms with E-state index in [9.17, 15) is 19.5 Å². The number of carbonyl (C=O) groups is 3. The summed E-state index contributed by atoms with van der Waals surface area (Å²) >= 11 is 1.49. The highest BCUT2D eigenvalue weighted by atomic mass is 32.1. The van der Waals surface area contributed by atoms with Gasteiger partial charge in [0.25, 0.3) is 5.91 Å². The van der Waals surface area contributed by atoms with Crippen LogP contribution >= 0.6 is 11.3 Å². The van der Waals surface area contributed by atoms with Crippen LogP contribution in [0.5, 0.6) is 11.5 Å². The first-order chi connectivity index (χ1) is 12.0. The third-order valence-corrected chi connectivity index (χ3v) is 4.08. The summed E-state index contributed by atoms with van der Waals surface area (Å²) in [6.07, 6.45) is 1.67. The molecular weight excluding hydrogens is 346 g/mol. The molecule has 0 spiro atoms. The third-order valence-electron chi connectivity index (χ3n) is 3.26. The maximum atomic E-state index is 12.3. The van der Waals surface area contributed by atoms with Gasteiger partial charge in [0.2, 0.25) is 5.78 Å². The highest BCUT2D eigenvalue weighted by Crippen LogP contribution is 2.35. The maximum absolute atomic E-state index is 12.3. The van der Waals surface area contributed by atoms with Gasteiger partial charge in [-0.05, 0) is 23.6 Å². The first kappa shape index (κ1) is 16.7. The molecule has 25 heavy (non-hydrogen) atoms. The number of amides is 1. The number of nitrogens with one attached hydrogen (secondary N) is 1. The monoisotopic (exact) mass is 358 g/mol. The van der Waals surface area contributed by atoms with Gasteiger partial charge in [0.05, 0.1) is 18.1 Å². The zero-order valence-electron chi connectivity index (χ0n) is 12.8. The number of carboxylic acids is 1. The number of hydrogen-bond donors (Lipinski definition) is 1. The summed E-state index contributed by atoms with van der Waals surface area (Å²) in [5.74, 6) is -1.31. The number of carboxylic acid groups (broad SMARTS) is 1. The van der Waals surface area contributed by atoms with E-state index in [-0.39, 0.29) is 18.1 Å². The lowest BCUT2D eigenvalue weighted by Gasteiger charge is -2.08. The lowest BCUT2D eigenvalue weighted by molar-refractivity contribution is -0.304.